The molecule has 5 nitrogen and oxygen atoms in total. The summed E-state index contributed by atoms with van der Waals surface area (Å²) in [6, 6.07) is 12.3. The molecule has 0 unspecified atom stereocenters. The minimum Gasteiger partial charge on any atom is -0.508 e. The quantitative estimate of drug-likeness (QED) is 0.224. The van der Waals surface area contributed by atoms with Crippen LogP contribution in [0.4, 0.5) is 5.00 Å². The normalized spacial score (nSPS) is 15.2. The van der Waals surface area contributed by atoms with E-state index in [4.69, 9.17) is 4.99 Å². The van der Waals surface area contributed by atoms with Crippen LogP contribution in [0.25, 0.3) is 0 Å². The molecule has 1 fully saturated rings. The summed E-state index contributed by atoms with van der Waals surface area (Å²) >= 11 is 1.82. The van der Waals surface area contributed by atoms with Crippen molar-refractivity contribution >= 4 is 46.3 Å². The average Bonchev–Trinajstić information content (AvgIpc) is 3.22. The monoisotopic (exact) mass is 514 g/mol. The molecule has 0 aliphatic carbocycles. The van der Waals surface area contributed by atoms with Crippen molar-refractivity contribution in [3.05, 3.63) is 47.3 Å². The number of phenolic OH excluding ortho intramolecular Hbond substituents is 1. The van der Waals surface area contributed by atoms with Gasteiger partial charge in [-0.3, -0.25) is 4.99 Å². The third kappa shape index (κ3) is 7.16. The Morgan fingerprint density at radius 3 is 2.61 bits per heavy atom. The summed E-state index contributed by atoms with van der Waals surface area (Å²) < 4.78 is 0. The molecule has 0 amide bonds. The number of hydrogen-bond donors (Lipinski definition) is 3. The molecule has 2 heterocycles. The van der Waals surface area contributed by atoms with E-state index in [-0.39, 0.29) is 24.0 Å². The van der Waals surface area contributed by atoms with Crippen LogP contribution in [0.15, 0.2) is 46.8 Å². The molecule has 28 heavy (non-hydrogen) atoms. The summed E-state index contributed by atoms with van der Waals surface area (Å²) in [5.74, 6) is 1.25. The molecule has 3 N–H and O–H groups in total. The second-order valence-electron chi connectivity index (χ2n) is 6.89. The van der Waals surface area contributed by atoms with Gasteiger partial charge in [-0.1, -0.05) is 12.1 Å². The van der Waals surface area contributed by atoms with E-state index in [0.717, 1.165) is 57.8 Å². The zero-order valence-electron chi connectivity index (χ0n) is 16.4. The molecule has 1 aromatic heterocycles. The van der Waals surface area contributed by atoms with Crippen molar-refractivity contribution in [1.82, 2.24) is 10.6 Å². The molecule has 0 spiro atoms. The molecule has 3 rings (SSSR count). The third-order valence-corrected chi connectivity index (χ3v) is 5.76. The van der Waals surface area contributed by atoms with Crippen LogP contribution in [0.5, 0.6) is 5.75 Å². The van der Waals surface area contributed by atoms with E-state index >= 15 is 0 Å². The molecule has 0 bridgehead atoms. The largest absolute Gasteiger partial charge is 0.508 e. The van der Waals surface area contributed by atoms with Crippen molar-refractivity contribution < 1.29 is 5.11 Å². The minimum absolute atomic E-state index is 0. The van der Waals surface area contributed by atoms with E-state index in [9.17, 15) is 5.11 Å². The Morgan fingerprint density at radius 1 is 1.21 bits per heavy atom. The van der Waals surface area contributed by atoms with Gasteiger partial charge in [0, 0.05) is 32.2 Å². The number of benzene rings is 1. The van der Waals surface area contributed by atoms with Gasteiger partial charge < -0.3 is 20.6 Å². The fourth-order valence-electron chi connectivity index (χ4n) is 3.34. The average molecular weight is 514 g/mol. The van der Waals surface area contributed by atoms with Crippen LogP contribution in [-0.4, -0.2) is 43.3 Å². The van der Waals surface area contributed by atoms with Gasteiger partial charge in [0.15, 0.2) is 5.96 Å². The number of nitrogens with one attached hydrogen (secondary N) is 2. The fourth-order valence-corrected chi connectivity index (χ4v) is 4.13. The Hall–Kier alpha value is -1.48. The lowest BCUT2D eigenvalue weighted by atomic mass is 10.1. The number of guanidine groups is 1. The first-order valence-corrected chi connectivity index (χ1v) is 10.7. The highest BCUT2D eigenvalue weighted by atomic mass is 127. The SMILES string of the molecule is CCNC(=NCCCc1ccc(O)cc1)NC1CCN(c2cccs2)CC1.I. The van der Waals surface area contributed by atoms with Crippen molar-refractivity contribution in [1.29, 1.82) is 0 Å². The smallest absolute Gasteiger partial charge is 0.191 e. The van der Waals surface area contributed by atoms with E-state index in [0.29, 0.717) is 11.8 Å². The number of rotatable bonds is 7. The number of piperidine rings is 1. The molecule has 2 aromatic rings. The summed E-state index contributed by atoms with van der Waals surface area (Å²) in [5, 5.41) is 19.9. The maximum absolute atomic E-state index is 9.35. The Morgan fingerprint density at radius 2 is 1.96 bits per heavy atom. The topological polar surface area (TPSA) is 59.9 Å². The summed E-state index contributed by atoms with van der Waals surface area (Å²) in [4.78, 5) is 7.22. The molecule has 1 aliphatic rings. The van der Waals surface area contributed by atoms with Crippen molar-refractivity contribution in [3.63, 3.8) is 0 Å². The number of halogens is 1. The molecule has 1 saturated heterocycles. The summed E-state index contributed by atoms with van der Waals surface area (Å²) in [6.45, 7) is 5.96. The standard InChI is InChI=1S/C21H30N4OS.HI/c1-2-22-21(23-13-3-5-17-7-9-19(26)10-8-17)24-18-11-14-25(15-12-18)20-6-4-16-27-20;/h4,6-10,16,18,26H,2-3,5,11-15H2,1H3,(H2,22,23,24);1H. The van der Waals surface area contributed by atoms with Gasteiger partial charge in [0.1, 0.15) is 5.75 Å². The summed E-state index contributed by atoms with van der Waals surface area (Å²) in [7, 11) is 0. The van der Waals surface area contributed by atoms with Gasteiger partial charge >= 0.3 is 0 Å². The lowest BCUT2D eigenvalue weighted by Crippen LogP contribution is -2.48. The van der Waals surface area contributed by atoms with E-state index in [2.05, 4.69) is 40.0 Å². The van der Waals surface area contributed by atoms with Gasteiger partial charge in [-0.05, 0) is 67.8 Å². The van der Waals surface area contributed by atoms with Gasteiger partial charge in [-0.25, -0.2) is 0 Å². The van der Waals surface area contributed by atoms with Gasteiger partial charge in [0.05, 0.1) is 5.00 Å². The molecule has 0 saturated carbocycles. The lowest BCUT2D eigenvalue weighted by molar-refractivity contribution is 0.463. The molecule has 0 radical (unpaired) electrons. The van der Waals surface area contributed by atoms with Gasteiger partial charge in [0.25, 0.3) is 0 Å². The van der Waals surface area contributed by atoms with Crippen LogP contribution in [0, 0.1) is 0 Å². The zero-order chi connectivity index (χ0) is 18.9. The van der Waals surface area contributed by atoms with Gasteiger partial charge in [-0.2, -0.15) is 0 Å². The second-order valence-corrected chi connectivity index (χ2v) is 7.81. The number of phenols is 1. The molecule has 154 valence electrons. The minimum atomic E-state index is 0. The van der Waals surface area contributed by atoms with Crippen LogP contribution >= 0.6 is 35.3 Å². The second kappa shape index (κ2) is 12.2. The van der Waals surface area contributed by atoms with E-state index in [1.807, 2.05) is 23.5 Å². The van der Waals surface area contributed by atoms with Crippen molar-refractivity contribution in [2.75, 3.05) is 31.1 Å². The highest BCUT2D eigenvalue weighted by Gasteiger charge is 2.20. The summed E-state index contributed by atoms with van der Waals surface area (Å²) in [6.07, 6.45) is 4.24. The maximum atomic E-state index is 9.35. The molecular formula is C21H31IN4OS. The van der Waals surface area contributed by atoms with E-state index in [1.54, 1.807) is 12.1 Å². The van der Waals surface area contributed by atoms with Gasteiger partial charge in [0.2, 0.25) is 0 Å². The van der Waals surface area contributed by atoms with Crippen molar-refractivity contribution in [2.24, 2.45) is 4.99 Å². The van der Waals surface area contributed by atoms with Crippen molar-refractivity contribution in [2.45, 2.75) is 38.6 Å². The molecule has 1 aromatic carbocycles. The molecule has 7 heteroatoms. The fraction of sp³-hybridized carbons (Fsp3) is 0.476. The maximum Gasteiger partial charge on any atom is 0.191 e. The van der Waals surface area contributed by atoms with E-state index in [1.165, 1.54) is 10.6 Å². The first kappa shape index (κ1) is 22.8. The van der Waals surface area contributed by atoms with Crippen LogP contribution in [0.2, 0.25) is 0 Å². The van der Waals surface area contributed by atoms with Crippen LogP contribution in [-0.2, 0) is 6.42 Å². The summed E-state index contributed by atoms with van der Waals surface area (Å²) in [5.41, 5.74) is 1.24. The number of hydrogen-bond acceptors (Lipinski definition) is 4. The number of nitrogens with zero attached hydrogens (tertiary/aromatic N) is 2. The third-order valence-electron chi connectivity index (χ3n) is 4.83. The number of aryl methyl sites for hydroxylation is 1. The van der Waals surface area contributed by atoms with Gasteiger partial charge in [-0.15, -0.1) is 35.3 Å². The molecular weight excluding hydrogens is 483 g/mol. The van der Waals surface area contributed by atoms with Crippen molar-refractivity contribution in [3.8, 4) is 5.75 Å². The molecule has 0 atom stereocenters. The van der Waals surface area contributed by atoms with Crippen LogP contribution in [0.3, 0.4) is 0 Å². The number of thiophene rings is 1. The Kier molecular flexibility index (Phi) is 9.91. The number of aliphatic imine (C=N–C) groups is 1. The lowest BCUT2D eigenvalue weighted by Gasteiger charge is -2.33. The first-order valence-electron chi connectivity index (χ1n) is 9.86. The number of aromatic hydroxyl groups is 1. The molecule has 1 aliphatic heterocycles. The Bertz CT molecular complexity index is 698. The predicted octanol–water partition coefficient (Wildman–Crippen LogP) is 4.23. The zero-order valence-corrected chi connectivity index (χ0v) is 19.6. The van der Waals surface area contributed by atoms with E-state index < -0.39 is 0 Å². The van der Waals surface area contributed by atoms with Crippen LogP contribution < -0.4 is 15.5 Å². The Labute approximate surface area is 189 Å². The number of anilines is 1. The highest BCUT2D eigenvalue weighted by Crippen LogP contribution is 2.24. The van der Waals surface area contributed by atoms with Crippen LogP contribution in [0.1, 0.15) is 31.7 Å². The predicted molar refractivity (Wildman–Crippen MR) is 131 cm³/mol. The first-order chi connectivity index (χ1) is 13.2. The Balaban J connectivity index is 0.00000280. The highest BCUT2D eigenvalue weighted by molar-refractivity contribution is 14.0.